The molecular formula is C13H16N2O3. The molecule has 0 aliphatic rings. The van der Waals surface area contributed by atoms with Gasteiger partial charge in [0.05, 0.1) is 35.9 Å². The van der Waals surface area contributed by atoms with Crippen molar-refractivity contribution >= 4 is 5.91 Å². The molecule has 0 spiro atoms. The fourth-order valence-electron chi connectivity index (χ4n) is 1.53. The van der Waals surface area contributed by atoms with Gasteiger partial charge in [-0.2, -0.15) is 5.26 Å². The smallest absolute Gasteiger partial charge is 0.253 e. The van der Waals surface area contributed by atoms with Gasteiger partial charge in [-0.25, -0.2) is 0 Å². The Balaban J connectivity index is 2.98. The molecule has 0 aliphatic heterocycles. The van der Waals surface area contributed by atoms with Crippen LogP contribution in [0.1, 0.15) is 29.3 Å². The molecule has 0 saturated heterocycles. The van der Waals surface area contributed by atoms with Crippen LogP contribution >= 0.6 is 0 Å². The van der Waals surface area contributed by atoms with Gasteiger partial charge in [0.1, 0.15) is 0 Å². The number of nitrogens with zero attached hydrogens (tertiary/aromatic N) is 1. The van der Waals surface area contributed by atoms with Gasteiger partial charge in [-0.05, 0) is 18.6 Å². The average Bonchev–Trinajstić information content (AvgIpc) is 2.44. The van der Waals surface area contributed by atoms with Crippen molar-refractivity contribution in [1.82, 2.24) is 5.32 Å². The standard InChI is InChI=1S/C13H16N2O3/c1-2-13(8-16,9-17)15-12(18)11-6-4-3-5-10(11)7-14/h3-6,16-17H,2,8-9H2,1H3,(H,15,18). The van der Waals surface area contributed by atoms with Gasteiger partial charge in [0.15, 0.2) is 0 Å². The lowest BCUT2D eigenvalue weighted by Gasteiger charge is -2.29. The highest BCUT2D eigenvalue weighted by Crippen LogP contribution is 2.12. The van der Waals surface area contributed by atoms with E-state index in [1.807, 2.05) is 6.07 Å². The first kappa shape index (κ1) is 14.2. The summed E-state index contributed by atoms with van der Waals surface area (Å²) in [5.41, 5.74) is -0.560. The van der Waals surface area contributed by atoms with E-state index in [9.17, 15) is 15.0 Å². The van der Waals surface area contributed by atoms with Crippen molar-refractivity contribution in [3.05, 3.63) is 35.4 Å². The lowest BCUT2D eigenvalue weighted by molar-refractivity contribution is 0.0652. The highest BCUT2D eigenvalue weighted by atomic mass is 16.3. The summed E-state index contributed by atoms with van der Waals surface area (Å²) in [5.74, 6) is -0.475. The Kier molecular flexibility index (Phi) is 4.84. The summed E-state index contributed by atoms with van der Waals surface area (Å²) in [6.45, 7) is 1.03. The van der Waals surface area contributed by atoms with Gasteiger partial charge in [0.2, 0.25) is 0 Å². The van der Waals surface area contributed by atoms with E-state index in [0.29, 0.717) is 6.42 Å². The van der Waals surface area contributed by atoms with Gasteiger partial charge in [-0.3, -0.25) is 4.79 Å². The molecule has 0 unspecified atom stereocenters. The molecule has 5 nitrogen and oxygen atoms in total. The third kappa shape index (κ3) is 2.86. The van der Waals surface area contributed by atoms with Crippen molar-refractivity contribution in [1.29, 1.82) is 5.26 Å². The van der Waals surface area contributed by atoms with Crippen molar-refractivity contribution in [2.45, 2.75) is 18.9 Å². The Labute approximate surface area is 106 Å². The zero-order valence-electron chi connectivity index (χ0n) is 10.2. The fourth-order valence-corrected chi connectivity index (χ4v) is 1.53. The van der Waals surface area contributed by atoms with Crippen LogP contribution in [0.2, 0.25) is 0 Å². The number of nitriles is 1. The van der Waals surface area contributed by atoms with Gasteiger partial charge >= 0.3 is 0 Å². The Morgan fingerprint density at radius 2 is 2.00 bits per heavy atom. The molecule has 0 fully saturated rings. The molecule has 0 bridgehead atoms. The topological polar surface area (TPSA) is 93.3 Å². The number of aliphatic hydroxyl groups excluding tert-OH is 2. The predicted molar refractivity (Wildman–Crippen MR) is 65.8 cm³/mol. The average molecular weight is 248 g/mol. The number of benzene rings is 1. The summed E-state index contributed by atoms with van der Waals surface area (Å²) >= 11 is 0. The molecule has 1 amide bonds. The van der Waals surface area contributed by atoms with Gasteiger partial charge in [-0.1, -0.05) is 19.1 Å². The summed E-state index contributed by atoms with van der Waals surface area (Å²) in [5, 5.41) is 30.0. The number of carbonyl (C=O) groups excluding carboxylic acids is 1. The SMILES string of the molecule is CCC(CO)(CO)NC(=O)c1ccccc1C#N. The van der Waals surface area contributed by atoms with Crippen LogP contribution in [-0.2, 0) is 0 Å². The number of nitrogens with one attached hydrogen (secondary N) is 1. The molecule has 1 aromatic carbocycles. The van der Waals surface area contributed by atoms with E-state index in [1.165, 1.54) is 6.07 Å². The van der Waals surface area contributed by atoms with Crippen LogP contribution in [0.5, 0.6) is 0 Å². The van der Waals surface area contributed by atoms with Crippen LogP contribution in [-0.4, -0.2) is 34.9 Å². The van der Waals surface area contributed by atoms with Crippen LogP contribution < -0.4 is 5.32 Å². The molecule has 96 valence electrons. The van der Waals surface area contributed by atoms with Crippen LogP contribution in [0.15, 0.2) is 24.3 Å². The molecule has 0 radical (unpaired) electrons. The third-order valence-corrected chi connectivity index (χ3v) is 2.95. The highest BCUT2D eigenvalue weighted by molar-refractivity contribution is 5.97. The maximum Gasteiger partial charge on any atom is 0.253 e. The number of rotatable bonds is 5. The quantitative estimate of drug-likeness (QED) is 0.704. The molecular weight excluding hydrogens is 232 g/mol. The molecule has 1 aromatic rings. The fraction of sp³-hybridized carbons (Fsp3) is 0.385. The number of hydrogen-bond donors (Lipinski definition) is 3. The number of aliphatic hydroxyl groups is 2. The minimum Gasteiger partial charge on any atom is -0.394 e. The Morgan fingerprint density at radius 3 is 2.50 bits per heavy atom. The van der Waals surface area contributed by atoms with Crippen molar-refractivity contribution in [2.24, 2.45) is 0 Å². The molecule has 5 heteroatoms. The van der Waals surface area contributed by atoms with Crippen LogP contribution in [0, 0.1) is 11.3 Å². The maximum atomic E-state index is 12.0. The second kappa shape index (κ2) is 6.15. The summed E-state index contributed by atoms with van der Waals surface area (Å²) < 4.78 is 0. The third-order valence-electron chi connectivity index (χ3n) is 2.95. The van der Waals surface area contributed by atoms with Crippen molar-refractivity contribution in [3.63, 3.8) is 0 Å². The second-order valence-electron chi connectivity index (χ2n) is 4.06. The van der Waals surface area contributed by atoms with Crippen LogP contribution in [0.4, 0.5) is 0 Å². The number of hydrogen-bond acceptors (Lipinski definition) is 4. The molecule has 3 N–H and O–H groups in total. The van der Waals surface area contributed by atoms with E-state index >= 15 is 0 Å². The van der Waals surface area contributed by atoms with Crippen LogP contribution in [0.3, 0.4) is 0 Å². The van der Waals surface area contributed by atoms with E-state index < -0.39 is 11.4 Å². The van der Waals surface area contributed by atoms with Gasteiger partial charge in [-0.15, -0.1) is 0 Å². The largest absolute Gasteiger partial charge is 0.394 e. The first-order valence-corrected chi connectivity index (χ1v) is 5.66. The summed E-state index contributed by atoms with van der Waals surface area (Å²) in [6.07, 6.45) is 0.389. The second-order valence-corrected chi connectivity index (χ2v) is 4.06. The monoisotopic (exact) mass is 248 g/mol. The molecule has 1 rings (SSSR count). The first-order chi connectivity index (χ1) is 8.62. The van der Waals surface area contributed by atoms with Gasteiger partial charge in [0.25, 0.3) is 5.91 Å². The summed E-state index contributed by atoms with van der Waals surface area (Å²) in [4.78, 5) is 12.0. The predicted octanol–water partition coefficient (Wildman–Crippen LogP) is 0.421. The van der Waals surface area contributed by atoms with Crippen molar-refractivity contribution in [2.75, 3.05) is 13.2 Å². The van der Waals surface area contributed by atoms with E-state index in [1.54, 1.807) is 25.1 Å². The zero-order chi connectivity index (χ0) is 13.6. The van der Waals surface area contributed by atoms with Gasteiger partial charge in [0, 0.05) is 0 Å². The molecule has 0 heterocycles. The van der Waals surface area contributed by atoms with E-state index in [4.69, 9.17) is 5.26 Å². The van der Waals surface area contributed by atoms with E-state index in [-0.39, 0.29) is 24.3 Å². The summed E-state index contributed by atoms with van der Waals surface area (Å²) in [7, 11) is 0. The molecule has 18 heavy (non-hydrogen) atoms. The number of amides is 1. The maximum absolute atomic E-state index is 12.0. The Bertz CT molecular complexity index is 453. The molecule has 0 aliphatic carbocycles. The molecule has 0 aromatic heterocycles. The van der Waals surface area contributed by atoms with E-state index in [0.717, 1.165) is 0 Å². The Hall–Kier alpha value is -1.90. The lowest BCUT2D eigenvalue weighted by atomic mass is 9.97. The van der Waals surface area contributed by atoms with E-state index in [2.05, 4.69) is 5.32 Å². The first-order valence-electron chi connectivity index (χ1n) is 5.66. The van der Waals surface area contributed by atoms with Crippen molar-refractivity contribution in [3.8, 4) is 6.07 Å². The highest BCUT2D eigenvalue weighted by Gasteiger charge is 2.29. The molecule has 0 saturated carbocycles. The normalized spacial score (nSPS) is 10.8. The summed E-state index contributed by atoms with van der Waals surface area (Å²) in [6, 6.07) is 8.32. The lowest BCUT2D eigenvalue weighted by Crippen LogP contribution is -2.53. The van der Waals surface area contributed by atoms with Crippen LogP contribution in [0.25, 0.3) is 0 Å². The minimum absolute atomic E-state index is 0.236. The van der Waals surface area contributed by atoms with Gasteiger partial charge < -0.3 is 15.5 Å². The zero-order valence-corrected chi connectivity index (χ0v) is 10.2. The minimum atomic E-state index is -1.06. The Morgan fingerprint density at radius 1 is 1.39 bits per heavy atom. The van der Waals surface area contributed by atoms with Crippen molar-refractivity contribution < 1.29 is 15.0 Å². The number of carbonyl (C=O) groups is 1. The molecule has 0 atom stereocenters.